The lowest BCUT2D eigenvalue weighted by Gasteiger charge is -2.30. The summed E-state index contributed by atoms with van der Waals surface area (Å²) >= 11 is 6.87. The number of aliphatic hydroxyl groups excluding tert-OH is 1. The lowest BCUT2D eigenvalue weighted by Crippen LogP contribution is -2.20. The van der Waals surface area contributed by atoms with Crippen LogP contribution in [0.5, 0.6) is 11.5 Å². The van der Waals surface area contributed by atoms with Gasteiger partial charge < -0.3 is 14.6 Å². The van der Waals surface area contributed by atoms with Gasteiger partial charge in [-0.25, -0.2) is 0 Å². The number of ether oxygens (including phenoxy) is 2. The first-order valence-electron chi connectivity index (χ1n) is 6.42. The number of methoxy groups -OCH3 is 1. The molecule has 6 heteroatoms. The second kappa shape index (κ2) is 5.94. The molecular formula is C15H13Br2NO3. The van der Waals surface area contributed by atoms with E-state index in [0.717, 1.165) is 20.2 Å². The Balaban J connectivity index is 1.94. The second-order valence-electron chi connectivity index (χ2n) is 4.78. The molecule has 1 aliphatic heterocycles. The first-order chi connectivity index (χ1) is 10.1. The van der Waals surface area contributed by atoms with Gasteiger partial charge in [-0.3, -0.25) is 4.98 Å². The zero-order valence-electron chi connectivity index (χ0n) is 11.2. The molecule has 4 nitrogen and oxygen atoms in total. The van der Waals surface area contributed by atoms with E-state index in [9.17, 15) is 5.11 Å². The van der Waals surface area contributed by atoms with Gasteiger partial charge in [0.05, 0.1) is 18.9 Å². The standard InChI is InChI=1S/C15H13Br2NO3/c1-20-9-2-3-13-10(5-9)12(19)6-14(21-13)15-11(17)4-8(16)7-18-15/h2-5,7,12,14,19H,6H2,1H3. The van der Waals surface area contributed by atoms with Crippen LogP contribution in [0.3, 0.4) is 0 Å². The van der Waals surface area contributed by atoms with E-state index >= 15 is 0 Å². The fourth-order valence-corrected chi connectivity index (χ4v) is 3.62. The zero-order valence-corrected chi connectivity index (χ0v) is 14.4. The summed E-state index contributed by atoms with van der Waals surface area (Å²) in [5, 5.41) is 10.4. The van der Waals surface area contributed by atoms with Crippen LogP contribution < -0.4 is 9.47 Å². The van der Waals surface area contributed by atoms with Crippen molar-refractivity contribution in [2.24, 2.45) is 0 Å². The third kappa shape index (κ3) is 2.93. The van der Waals surface area contributed by atoms with Gasteiger partial charge in [0.2, 0.25) is 0 Å². The highest BCUT2D eigenvalue weighted by Gasteiger charge is 2.30. The third-order valence-corrected chi connectivity index (χ3v) is 4.49. The number of aromatic nitrogens is 1. The van der Waals surface area contributed by atoms with E-state index in [2.05, 4.69) is 36.8 Å². The zero-order chi connectivity index (χ0) is 15.0. The Morgan fingerprint density at radius 1 is 1.33 bits per heavy atom. The van der Waals surface area contributed by atoms with Crippen molar-refractivity contribution in [1.82, 2.24) is 4.98 Å². The molecule has 2 atom stereocenters. The fraction of sp³-hybridized carbons (Fsp3) is 0.267. The van der Waals surface area contributed by atoms with E-state index in [-0.39, 0.29) is 6.10 Å². The highest BCUT2D eigenvalue weighted by Crippen LogP contribution is 2.43. The van der Waals surface area contributed by atoms with Crippen molar-refractivity contribution in [2.45, 2.75) is 18.6 Å². The van der Waals surface area contributed by atoms with Crippen LogP contribution in [0.15, 0.2) is 39.4 Å². The van der Waals surface area contributed by atoms with Crippen LogP contribution >= 0.6 is 31.9 Å². The molecule has 21 heavy (non-hydrogen) atoms. The highest BCUT2D eigenvalue weighted by molar-refractivity contribution is 9.11. The van der Waals surface area contributed by atoms with Crippen molar-refractivity contribution in [3.05, 3.63) is 50.7 Å². The first kappa shape index (κ1) is 14.8. The summed E-state index contributed by atoms with van der Waals surface area (Å²) < 4.78 is 12.9. The topological polar surface area (TPSA) is 51.6 Å². The van der Waals surface area contributed by atoms with Gasteiger partial charge in [0.25, 0.3) is 0 Å². The largest absolute Gasteiger partial charge is 0.497 e. The van der Waals surface area contributed by atoms with Gasteiger partial charge in [-0.1, -0.05) is 0 Å². The van der Waals surface area contributed by atoms with Crippen molar-refractivity contribution in [2.75, 3.05) is 7.11 Å². The minimum Gasteiger partial charge on any atom is -0.497 e. The average molecular weight is 415 g/mol. The van der Waals surface area contributed by atoms with Crippen LogP contribution in [-0.2, 0) is 0 Å². The van der Waals surface area contributed by atoms with Gasteiger partial charge in [0, 0.05) is 27.1 Å². The number of benzene rings is 1. The van der Waals surface area contributed by atoms with E-state index in [4.69, 9.17) is 9.47 Å². The van der Waals surface area contributed by atoms with Crippen LogP contribution in [-0.4, -0.2) is 17.2 Å². The van der Waals surface area contributed by atoms with Gasteiger partial charge in [-0.05, 0) is 56.1 Å². The maximum Gasteiger partial charge on any atom is 0.144 e. The smallest absolute Gasteiger partial charge is 0.144 e. The normalized spacial score (nSPS) is 20.6. The van der Waals surface area contributed by atoms with Gasteiger partial charge >= 0.3 is 0 Å². The van der Waals surface area contributed by atoms with Crippen molar-refractivity contribution in [3.63, 3.8) is 0 Å². The Kier molecular flexibility index (Phi) is 4.19. The molecule has 2 heterocycles. The fourth-order valence-electron chi connectivity index (χ4n) is 2.38. The Bertz CT molecular complexity index is 678. The molecular weight excluding hydrogens is 402 g/mol. The number of hydrogen-bond acceptors (Lipinski definition) is 4. The van der Waals surface area contributed by atoms with Crippen LogP contribution in [0.4, 0.5) is 0 Å². The molecule has 0 radical (unpaired) electrons. The Labute approximate surface area is 139 Å². The van der Waals surface area contributed by atoms with Crippen molar-refractivity contribution >= 4 is 31.9 Å². The van der Waals surface area contributed by atoms with Gasteiger partial charge in [0.1, 0.15) is 17.6 Å². The van der Waals surface area contributed by atoms with Crippen molar-refractivity contribution < 1.29 is 14.6 Å². The molecule has 0 bridgehead atoms. The lowest BCUT2D eigenvalue weighted by atomic mass is 9.97. The van der Waals surface area contributed by atoms with Crippen LogP contribution in [0, 0.1) is 0 Å². The van der Waals surface area contributed by atoms with E-state index < -0.39 is 6.10 Å². The minimum absolute atomic E-state index is 0.289. The molecule has 0 aliphatic carbocycles. The van der Waals surface area contributed by atoms with Gasteiger partial charge in [-0.15, -0.1) is 0 Å². The Hall–Kier alpha value is -1.11. The summed E-state index contributed by atoms with van der Waals surface area (Å²) in [6.45, 7) is 0. The molecule has 1 aromatic heterocycles. The molecule has 1 aliphatic rings. The molecule has 0 amide bonds. The molecule has 0 spiro atoms. The van der Waals surface area contributed by atoms with E-state index in [1.54, 1.807) is 19.4 Å². The molecule has 0 saturated heterocycles. The third-order valence-electron chi connectivity index (χ3n) is 3.42. The number of hydrogen-bond donors (Lipinski definition) is 1. The molecule has 2 aromatic rings. The summed E-state index contributed by atoms with van der Waals surface area (Å²) in [4.78, 5) is 4.39. The van der Waals surface area contributed by atoms with Crippen LogP contribution in [0.2, 0.25) is 0 Å². The minimum atomic E-state index is -0.605. The SMILES string of the molecule is COc1ccc2c(c1)C(O)CC(c1ncc(Br)cc1Br)O2. The quantitative estimate of drug-likeness (QED) is 0.801. The Morgan fingerprint density at radius 3 is 2.86 bits per heavy atom. The Morgan fingerprint density at radius 2 is 2.14 bits per heavy atom. The van der Waals surface area contributed by atoms with E-state index in [0.29, 0.717) is 17.9 Å². The van der Waals surface area contributed by atoms with Crippen LogP contribution in [0.1, 0.15) is 29.9 Å². The molecule has 110 valence electrons. The molecule has 2 unspecified atom stereocenters. The molecule has 1 N–H and O–H groups in total. The predicted molar refractivity (Wildman–Crippen MR) is 85.6 cm³/mol. The van der Waals surface area contributed by atoms with Gasteiger partial charge in [-0.2, -0.15) is 0 Å². The summed E-state index contributed by atoms with van der Waals surface area (Å²) in [6.07, 6.45) is 1.28. The molecule has 3 rings (SSSR count). The molecule has 1 aromatic carbocycles. The first-order valence-corrected chi connectivity index (χ1v) is 8.00. The van der Waals surface area contributed by atoms with E-state index in [1.165, 1.54) is 0 Å². The predicted octanol–water partition coefficient (Wildman–Crippen LogP) is 4.17. The summed E-state index contributed by atoms with van der Waals surface area (Å²) in [5.74, 6) is 1.37. The van der Waals surface area contributed by atoms with Crippen molar-refractivity contribution in [1.29, 1.82) is 0 Å². The maximum absolute atomic E-state index is 10.4. The summed E-state index contributed by atoms with van der Waals surface area (Å²) in [6, 6.07) is 7.36. The van der Waals surface area contributed by atoms with E-state index in [1.807, 2.05) is 18.2 Å². The summed E-state index contributed by atoms with van der Waals surface area (Å²) in [7, 11) is 1.60. The van der Waals surface area contributed by atoms with Gasteiger partial charge in [0.15, 0.2) is 0 Å². The highest BCUT2D eigenvalue weighted by atomic mass is 79.9. The average Bonchev–Trinajstić information content (AvgIpc) is 2.47. The number of pyridine rings is 1. The number of fused-ring (bicyclic) bond motifs is 1. The molecule has 0 fully saturated rings. The maximum atomic E-state index is 10.4. The second-order valence-corrected chi connectivity index (χ2v) is 6.55. The number of rotatable bonds is 2. The van der Waals surface area contributed by atoms with Crippen molar-refractivity contribution in [3.8, 4) is 11.5 Å². The number of aliphatic hydroxyl groups is 1. The molecule has 0 saturated carbocycles. The lowest BCUT2D eigenvalue weighted by molar-refractivity contribution is 0.0630. The summed E-state index contributed by atoms with van der Waals surface area (Å²) in [5.41, 5.74) is 1.53. The number of nitrogens with zero attached hydrogens (tertiary/aromatic N) is 1. The monoisotopic (exact) mass is 413 g/mol. The van der Waals surface area contributed by atoms with Crippen LogP contribution in [0.25, 0.3) is 0 Å². The number of halogens is 2.